The molecule has 2 aromatic carbocycles. The predicted octanol–water partition coefficient (Wildman–Crippen LogP) is 3.50. The summed E-state index contributed by atoms with van der Waals surface area (Å²) >= 11 is 0. The van der Waals surface area contributed by atoms with Crippen LogP contribution in [-0.4, -0.2) is 46.6 Å². The van der Waals surface area contributed by atoms with Crippen LogP contribution in [0.5, 0.6) is 5.75 Å². The highest BCUT2D eigenvalue weighted by atomic mass is 16.5. The highest BCUT2D eigenvalue weighted by Gasteiger charge is 2.55. The van der Waals surface area contributed by atoms with Crippen LogP contribution >= 0.6 is 0 Å². The Labute approximate surface area is 207 Å². The number of hydrazone groups is 1. The summed E-state index contributed by atoms with van der Waals surface area (Å²) in [5.74, 6) is 0.198. The number of benzene rings is 2. The zero-order valence-electron chi connectivity index (χ0n) is 19.6. The normalized spacial score (nSPS) is 22.9. The molecule has 3 aliphatic heterocycles. The van der Waals surface area contributed by atoms with E-state index in [4.69, 9.17) is 9.15 Å². The maximum Gasteiger partial charge on any atom is 0.325 e. The van der Waals surface area contributed by atoms with Crippen LogP contribution in [0.4, 0.5) is 4.79 Å². The summed E-state index contributed by atoms with van der Waals surface area (Å²) in [5, 5.41) is 8.77. The number of carbonyl (C=O) groups is 3. The Morgan fingerprint density at radius 2 is 1.92 bits per heavy atom. The lowest BCUT2D eigenvalue weighted by Gasteiger charge is -2.33. The lowest BCUT2D eigenvalue weighted by atomic mass is 9.84. The van der Waals surface area contributed by atoms with Gasteiger partial charge < -0.3 is 14.5 Å². The van der Waals surface area contributed by atoms with Gasteiger partial charge in [-0.15, -0.1) is 0 Å². The minimum Gasteiger partial charge on any atom is -0.493 e. The van der Waals surface area contributed by atoms with Crippen molar-refractivity contribution in [1.82, 2.24) is 15.2 Å². The molecule has 6 rings (SSSR count). The van der Waals surface area contributed by atoms with Gasteiger partial charge in [-0.1, -0.05) is 48.0 Å². The van der Waals surface area contributed by atoms with Crippen LogP contribution in [0.3, 0.4) is 0 Å². The summed E-state index contributed by atoms with van der Waals surface area (Å²) in [6.07, 6.45) is 2.29. The van der Waals surface area contributed by atoms with E-state index in [1.165, 1.54) is 5.01 Å². The van der Waals surface area contributed by atoms with Gasteiger partial charge in [-0.2, -0.15) is 5.10 Å². The van der Waals surface area contributed by atoms with Gasteiger partial charge in [-0.05, 0) is 30.7 Å². The molecule has 0 aliphatic carbocycles. The van der Waals surface area contributed by atoms with Gasteiger partial charge in [-0.3, -0.25) is 14.5 Å². The largest absolute Gasteiger partial charge is 0.493 e. The number of ether oxygens (including phenoxy) is 1. The van der Waals surface area contributed by atoms with Crippen LogP contribution in [0.1, 0.15) is 41.3 Å². The summed E-state index contributed by atoms with van der Waals surface area (Å²) in [6, 6.07) is 17.5. The van der Waals surface area contributed by atoms with Gasteiger partial charge >= 0.3 is 6.03 Å². The van der Waals surface area contributed by atoms with Crippen molar-refractivity contribution < 1.29 is 23.5 Å². The van der Waals surface area contributed by atoms with Crippen LogP contribution < -0.4 is 10.1 Å². The van der Waals surface area contributed by atoms with E-state index in [1.54, 1.807) is 36.6 Å². The standard InChI is InChI=1S/C27H24N4O5/c1-17-8-10-18(11-9-17)20-15-21(23-7-4-13-35-23)31(29-20)24(32)16-30-25(33)27(28-26(30)34)12-14-36-22-6-3-2-5-19(22)27/h2-11,13,21H,12,14-16H2,1H3,(H,28,34)/t21-,27+/m0/s1. The maximum atomic E-state index is 13.6. The summed E-state index contributed by atoms with van der Waals surface area (Å²) < 4.78 is 11.3. The van der Waals surface area contributed by atoms with Gasteiger partial charge in [-0.25, -0.2) is 9.80 Å². The van der Waals surface area contributed by atoms with E-state index in [0.717, 1.165) is 21.7 Å². The molecular formula is C27H24N4O5. The van der Waals surface area contributed by atoms with Gasteiger partial charge in [0.25, 0.3) is 11.8 Å². The second-order valence-corrected chi connectivity index (χ2v) is 9.21. The maximum absolute atomic E-state index is 13.6. The van der Waals surface area contributed by atoms with E-state index in [0.29, 0.717) is 23.5 Å². The number of carbonyl (C=O) groups excluding carboxylic acids is 3. The Morgan fingerprint density at radius 1 is 1.11 bits per heavy atom. The molecule has 9 nitrogen and oxygen atoms in total. The molecule has 0 bridgehead atoms. The molecule has 4 heterocycles. The Hall–Kier alpha value is -4.40. The van der Waals surface area contributed by atoms with Crippen molar-refractivity contribution in [3.05, 3.63) is 89.4 Å². The summed E-state index contributed by atoms with van der Waals surface area (Å²) in [5.41, 5.74) is 2.11. The van der Waals surface area contributed by atoms with Gasteiger partial charge in [0.15, 0.2) is 5.54 Å². The third-order valence-corrected chi connectivity index (χ3v) is 6.97. The van der Waals surface area contributed by atoms with E-state index in [1.807, 2.05) is 37.3 Å². The summed E-state index contributed by atoms with van der Waals surface area (Å²) in [7, 11) is 0. The molecule has 1 saturated heterocycles. The first-order chi connectivity index (χ1) is 17.5. The molecule has 3 aliphatic rings. The van der Waals surface area contributed by atoms with Crippen molar-refractivity contribution in [2.45, 2.75) is 31.3 Å². The summed E-state index contributed by atoms with van der Waals surface area (Å²) in [4.78, 5) is 41.1. The van der Waals surface area contributed by atoms with Crippen LogP contribution in [0.2, 0.25) is 0 Å². The Balaban J connectivity index is 1.29. The number of fused-ring (bicyclic) bond motifs is 2. The first kappa shape index (κ1) is 22.1. The fourth-order valence-electron chi connectivity index (χ4n) is 5.09. The van der Waals surface area contributed by atoms with Gasteiger partial charge in [0.1, 0.15) is 24.1 Å². The van der Waals surface area contributed by atoms with Crippen molar-refractivity contribution in [3.63, 3.8) is 0 Å². The van der Waals surface area contributed by atoms with Crippen molar-refractivity contribution >= 4 is 23.6 Å². The number of urea groups is 1. The number of furan rings is 1. The molecule has 2 atom stereocenters. The fourth-order valence-corrected chi connectivity index (χ4v) is 5.09. The van der Waals surface area contributed by atoms with E-state index in [9.17, 15) is 14.4 Å². The molecule has 0 radical (unpaired) electrons. The van der Waals surface area contributed by atoms with Crippen molar-refractivity contribution in [2.75, 3.05) is 13.2 Å². The van der Waals surface area contributed by atoms with E-state index < -0.39 is 36.0 Å². The van der Waals surface area contributed by atoms with Gasteiger partial charge in [0.2, 0.25) is 0 Å². The zero-order valence-corrected chi connectivity index (χ0v) is 19.6. The van der Waals surface area contributed by atoms with Crippen molar-refractivity contribution in [3.8, 4) is 5.75 Å². The number of imide groups is 1. The van der Waals surface area contributed by atoms with Crippen LogP contribution in [0, 0.1) is 6.92 Å². The average Bonchev–Trinajstić information content (AvgIpc) is 3.61. The average molecular weight is 485 g/mol. The SMILES string of the molecule is Cc1ccc(C2=NN(C(=O)CN3C(=O)N[C@@]4(CCOc5ccccc54)C3=O)[C@H](c3ccco3)C2)cc1. The third kappa shape index (κ3) is 3.46. The fraction of sp³-hybridized carbons (Fsp3) is 0.259. The minimum atomic E-state index is -1.24. The lowest BCUT2D eigenvalue weighted by molar-refractivity contribution is -0.140. The smallest absolute Gasteiger partial charge is 0.325 e. The monoisotopic (exact) mass is 484 g/mol. The number of hydrogen-bond acceptors (Lipinski definition) is 6. The number of nitrogens with zero attached hydrogens (tertiary/aromatic N) is 3. The Kier molecular flexibility index (Phi) is 5.13. The zero-order chi connectivity index (χ0) is 24.9. The third-order valence-electron chi connectivity index (χ3n) is 6.97. The first-order valence-corrected chi connectivity index (χ1v) is 11.8. The predicted molar refractivity (Wildman–Crippen MR) is 129 cm³/mol. The first-order valence-electron chi connectivity index (χ1n) is 11.8. The molecule has 4 amide bonds. The minimum absolute atomic E-state index is 0.279. The molecule has 1 spiro atoms. The molecule has 36 heavy (non-hydrogen) atoms. The number of amides is 4. The number of nitrogens with one attached hydrogen (secondary N) is 1. The van der Waals surface area contributed by atoms with Crippen LogP contribution in [0.15, 0.2) is 76.4 Å². The number of para-hydroxylation sites is 1. The molecule has 9 heteroatoms. The molecule has 1 N–H and O–H groups in total. The molecular weight excluding hydrogens is 460 g/mol. The second kappa shape index (κ2) is 8.37. The van der Waals surface area contributed by atoms with Crippen LogP contribution in [0.25, 0.3) is 0 Å². The lowest BCUT2D eigenvalue weighted by Crippen LogP contribution is -2.48. The van der Waals surface area contributed by atoms with E-state index >= 15 is 0 Å². The van der Waals surface area contributed by atoms with Gasteiger partial charge in [0.05, 0.1) is 18.6 Å². The molecule has 1 fully saturated rings. The molecule has 0 saturated carbocycles. The number of hydrogen-bond donors (Lipinski definition) is 1. The van der Waals surface area contributed by atoms with Crippen molar-refractivity contribution in [2.24, 2.45) is 5.10 Å². The highest BCUT2D eigenvalue weighted by molar-refractivity contribution is 6.10. The Morgan fingerprint density at radius 3 is 2.69 bits per heavy atom. The topological polar surface area (TPSA) is 104 Å². The van der Waals surface area contributed by atoms with Crippen LogP contribution in [-0.2, 0) is 15.1 Å². The number of rotatable bonds is 4. The quantitative estimate of drug-likeness (QED) is 0.571. The Bertz CT molecular complexity index is 1380. The molecule has 1 aromatic heterocycles. The van der Waals surface area contributed by atoms with E-state index in [-0.39, 0.29) is 13.0 Å². The highest BCUT2D eigenvalue weighted by Crippen LogP contribution is 2.41. The second-order valence-electron chi connectivity index (χ2n) is 9.21. The molecule has 0 unspecified atom stereocenters. The molecule has 3 aromatic rings. The summed E-state index contributed by atoms with van der Waals surface area (Å²) in [6.45, 7) is 1.85. The number of aryl methyl sites for hydroxylation is 1. The molecule has 182 valence electrons. The van der Waals surface area contributed by atoms with Gasteiger partial charge in [0, 0.05) is 18.4 Å². The van der Waals surface area contributed by atoms with E-state index in [2.05, 4.69) is 10.4 Å². The van der Waals surface area contributed by atoms with Crippen molar-refractivity contribution in [1.29, 1.82) is 0 Å².